The Labute approximate surface area is 167 Å². The quantitative estimate of drug-likeness (QED) is 0.765. The van der Waals surface area contributed by atoms with Gasteiger partial charge in [-0.25, -0.2) is 0 Å². The highest BCUT2D eigenvalue weighted by Gasteiger charge is 2.41. The van der Waals surface area contributed by atoms with Crippen LogP contribution in [0.25, 0.3) is 0 Å². The van der Waals surface area contributed by atoms with Crippen molar-refractivity contribution in [3.05, 3.63) is 47.0 Å². The molecule has 29 heavy (non-hydrogen) atoms. The van der Waals surface area contributed by atoms with Crippen LogP contribution in [-0.4, -0.2) is 32.1 Å². The fraction of sp³-hybridized carbons (Fsp3) is 0.571. The standard InChI is InChI=1S/C21H25F3N4O/c22-21(23,24)20-17-8-11-27(19(29)12-15-4-2-1-3-5-15)14-18(17)28(26-20)13-16-6-9-25-10-7-16/h6-7,9-10,15H,1-5,8,11-14H2. The molecule has 8 heteroatoms. The summed E-state index contributed by atoms with van der Waals surface area (Å²) >= 11 is 0. The maximum atomic E-state index is 13.5. The molecule has 2 aliphatic rings. The van der Waals surface area contributed by atoms with Crippen molar-refractivity contribution < 1.29 is 18.0 Å². The molecule has 156 valence electrons. The first-order valence-corrected chi connectivity index (χ1v) is 10.2. The van der Waals surface area contributed by atoms with E-state index in [2.05, 4.69) is 10.1 Å². The molecule has 1 amide bonds. The summed E-state index contributed by atoms with van der Waals surface area (Å²) in [5.41, 5.74) is 0.733. The molecule has 0 atom stereocenters. The van der Waals surface area contributed by atoms with Crippen LogP contribution < -0.4 is 0 Å². The van der Waals surface area contributed by atoms with Crippen LogP contribution in [0.15, 0.2) is 24.5 Å². The van der Waals surface area contributed by atoms with Gasteiger partial charge in [0.25, 0.3) is 0 Å². The molecule has 0 spiro atoms. The van der Waals surface area contributed by atoms with Crippen molar-refractivity contribution in [3.8, 4) is 0 Å². The van der Waals surface area contributed by atoms with Gasteiger partial charge in [-0.1, -0.05) is 19.3 Å². The second-order valence-corrected chi connectivity index (χ2v) is 8.06. The van der Waals surface area contributed by atoms with Crippen molar-refractivity contribution in [3.63, 3.8) is 0 Å². The van der Waals surface area contributed by atoms with Gasteiger partial charge in [0.1, 0.15) is 0 Å². The van der Waals surface area contributed by atoms with E-state index in [0.29, 0.717) is 24.6 Å². The second kappa shape index (κ2) is 8.16. The average Bonchev–Trinajstić information content (AvgIpc) is 3.08. The summed E-state index contributed by atoms with van der Waals surface area (Å²) in [5.74, 6) is 0.456. The first-order chi connectivity index (χ1) is 13.9. The Morgan fingerprint density at radius 3 is 2.55 bits per heavy atom. The minimum Gasteiger partial charge on any atom is -0.336 e. The van der Waals surface area contributed by atoms with E-state index in [4.69, 9.17) is 0 Å². The Kier molecular flexibility index (Phi) is 5.61. The van der Waals surface area contributed by atoms with Gasteiger partial charge in [-0.2, -0.15) is 18.3 Å². The lowest BCUT2D eigenvalue weighted by atomic mass is 9.86. The molecule has 1 saturated carbocycles. The molecule has 0 N–H and O–H groups in total. The molecule has 0 saturated heterocycles. The number of hydrogen-bond donors (Lipinski definition) is 0. The van der Waals surface area contributed by atoms with E-state index in [9.17, 15) is 18.0 Å². The van der Waals surface area contributed by atoms with Crippen LogP contribution in [0.3, 0.4) is 0 Å². The van der Waals surface area contributed by atoms with Crippen molar-refractivity contribution in [1.82, 2.24) is 19.7 Å². The summed E-state index contributed by atoms with van der Waals surface area (Å²) in [7, 11) is 0. The molecule has 1 fully saturated rings. The van der Waals surface area contributed by atoms with Crippen LogP contribution in [0, 0.1) is 5.92 Å². The Hall–Kier alpha value is -2.38. The van der Waals surface area contributed by atoms with Gasteiger partial charge in [0.05, 0.1) is 18.8 Å². The van der Waals surface area contributed by atoms with Crippen molar-refractivity contribution in [1.29, 1.82) is 0 Å². The number of fused-ring (bicyclic) bond motifs is 1. The van der Waals surface area contributed by atoms with Crippen LogP contribution in [0.5, 0.6) is 0 Å². The molecule has 0 unspecified atom stereocenters. The topological polar surface area (TPSA) is 51.0 Å². The Morgan fingerprint density at radius 1 is 1.14 bits per heavy atom. The van der Waals surface area contributed by atoms with Crippen LogP contribution in [0.4, 0.5) is 13.2 Å². The zero-order valence-electron chi connectivity index (χ0n) is 16.3. The van der Waals surface area contributed by atoms with Crippen molar-refractivity contribution in [2.75, 3.05) is 6.54 Å². The number of nitrogens with zero attached hydrogens (tertiary/aromatic N) is 4. The van der Waals surface area contributed by atoms with E-state index in [0.717, 1.165) is 31.2 Å². The summed E-state index contributed by atoms with van der Waals surface area (Å²) in [5, 5.41) is 3.90. The van der Waals surface area contributed by atoms with E-state index in [-0.39, 0.29) is 31.0 Å². The van der Waals surface area contributed by atoms with Crippen molar-refractivity contribution >= 4 is 5.91 Å². The Morgan fingerprint density at radius 2 is 1.86 bits per heavy atom. The molecule has 2 aromatic heterocycles. The number of hydrogen-bond acceptors (Lipinski definition) is 3. The summed E-state index contributed by atoms with van der Waals surface area (Å²) < 4.78 is 42.0. The molecule has 0 radical (unpaired) electrons. The molecule has 1 aliphatic heterocycles. The van der Waals surface area contributed by atoms with E-state index in [1.165, 1.54) is 11.1 Å². The lowest BCUT2D eigenvalue weighted by Gasteiger charge is -2.30. The zero-order valence-corrected chi connectivity index (χ0v) is 16.3. The highest BCUT2D eigenvalue weighted by molar-refractivity contribution is 5.76. The van der Waals surface area contributed by atoms with E-state index in [1.807, 2.05) is 0 Å². The number of carbonyl (C=O) groups excluding carboxylic acids is 1. The van der Waals surface area contributed by atoms with E-state index < -0.39 is 11.9 Å². The van der Waals surface area contributed by atoms with Gasteiger partial charge in [0.15, 0.2) is 5.69 Å². The predicted molar refractivity (Wildman–Crippen MR) is 101 cm³/mol. The monoisotopic (exact) mass is 406 g/mol. The van der Waals surface area contributed by atoms with E-state index in [1.54, 1.807) is 29.4 Å². The molecule has 2 aromatic rings. The number of amides is 1. The highest BCUT2D eigenvalue weighted by Crippen LogP contribution is 2.36. The third kappa shape index (κ3) is 4.46. The third-order valence-electron chi connectivity index (χ3n) is 6.03. The van der Waals surface area contributed by atoms with Gasteiger partial charge >= 0.3 is 6.18 Å². The smallest absolute Gasteiger partial charge is 0.336 e. The Bertz CT molecular complexity index is 857. The molecule has 3 heterocycles. The molecule has 0 bridgehead atoms. The predicted octanol–water partition coefficient (Wildman–Crippen LogP) is 4.20. The minimum absolute atomic E-state index is 0.0489. The minimum atomic E-state index is -4.50. The highest BCUT2D eigenvalue weighted by atomic mass is 19.4. The van der Waals surface area contributed by atoms with Gasteiger partial charge < -0.3 is 4.90 Å². The lowest BCUT2D eigenvalue weighted by molar-refractivity contribution is -0.142. The number of pyridine rings is 1. The molecular formula is C21H25F3N4O. The van der Waals surface area contributed by atoms with Crippen LogP contribution in [0.1, 0.15) is 61.0 Å². The Balaban J connectivity index is 1.56. The molecule has 4 rings (SSSR count). The normalized spacial score (nSPS) is 18.0. The van der Waals surface area contributed by atoms with Gasteiger partial charge in [-0.15, -0.1) is 0 Å². The fourth-order valence-electron chi connectivity index (χ4n) is 4.48. The number of aromatic nitrogens is 3. The summed E-state index contributed by atoms with van der Waals surface area (Å²) in [4.78, 5) is 18.5. The van der Waals surface area contributed by atoms with Crippen LogP contribution >= 0.6 is 0 Å². The van der Waals surface area contributed by atoms with Crippen LogP contribution in [-0.2, 0) is 30.5 Å². The van der Waals surface area contributed by atoms with Crippen LogP contribution in [0.2, 0.25) is 0 Å². The molecular weight excluding hydrogens is 381 g/mol. The largest absolute Gasteiger partial charge is 0.435 e. The number of alkyl halides is 3. The average molecular weight is 406 g/mol. The first-order valence-electron chi connectivity index (χ1n) is 10.2. The summed E-state index contributed by atoms with van der Waals surface area (Å²) in [6.45, 7) is 0.739. The van der Waals surface area contributed by atoms with Crippen molar-refractivity contribution in [2.24, 2.45) is 5.92 Å². The third-order valence-corrected chi connectivity index (χ3v) is 6.03. The first kappa shape index (κ1) is 19.9. The number of rotatable bonds is 4. The molecule has 1 aliphatic carbocycles. The molecule has 5 nitrogen and oxygen atoms in total. The van der Waals surface area contributed by atoms with Gasteiger partial charge in [-0.3, -0.25) is 14.5 Å². The lowest BCUT2D eigenvalue weighted by Crippen LogP contribution is -2.38. The fourth-order valence-corrected chi connectivity index (χ4v) is 4.48. The maximum absolute atomic E-state index is 13.5. The van der Waals surface area contributed by atoms with Crippen molar-refractivity contribution in [2.45, 2.75) is 64.2 Å². The van der Waals surface area contributed by atoms with E-state index >= 15 is 0 Å². The summed E-state index contributed by atoms with van der Waals surface area (Å²) in [6.07, 6.45) is 5.11. The number of carbonyl (C=O) groups is 1. The van der Waals surface area contributed by atoms with Gasteiger partial charge in [0, 0.05) is 30.9 Å². The van der Waals surface area contributed by atoms with Gasteiger partial charge in [0.2, 0.25) is 5.91 Å². The van der Waals surface area contributed by atoms with Gasteiger partial charge in [-0.05, 0) is 42.9 Å². The zero-order chi connectivity index (χ0) is 20.4. The second-order valence-electron chi connectivity index (χ2n) is 8.06. The SMILES string of the molecule is O=C(CC1CCCCC1)N1CCc2c(C(F)(F)F)nn(Cc3ccncc3)c2C1. The number of halogens is 3. The molecule has 0 aromatic carbocycles. The summed E-state index contributed by atoms with van der Waals surface area (Å²) in [6, 6.07) is 3.52. The maximum Gasteiger partial charge on any atom is 0.435 e.